The smallest absolute Gasteiger partial charge is 0.252 e. The van der Waals surface area contributed by atoms with Gasteiger partial charge in [0.2, 0.25) is 0 Å². The molecule has 6 nitrogen and oxygen atoms in total. The van der Waals surface area contributed by atoms with Crippen molar-refractivity contribution in [1.82, 2.24) is 4.31 Å². The van der Waals surface area contributed by atoms with E-state index in [0.717, 1.165) is 33.7 Å². The zero-order valence-corrected chi connectivity index (χ0v) is 27.1. The third-order valence-electron chi connectivity index (χ3n) is 8.14. The Morgan fingerprint density at radius 3 is 1.96 bits per heavy atom. The number of anilines is 1. The number of thiophene rings is 1. The number of aliphatic hydroxyl groups is 1. The molecule has 6 rings (SSSR count). The second-order valence-corrected chi connectivity index (χ2v) is 15.0. The van der Waals surface area contributed by atoms with E-state index < -0.39 is 15.6 Å². The van der Waals surface area contributed by atoms with Crippen LogP contribution in [0.1, 0.15) is 36.1 Å². The van der Waals surface area contributed by atoms with Crippen LogP contribution in [-0.4, -0.2) is 49.2 Å². The summed E-state index contributed by atoms with van der Waals surface area (Å²) in [6.45, 7) is 4.84. The van der Waals surface area contributed by atoms with Crippen molar-refractivity contribution in [2.45, 2.75) is 36.1 Å². The Hall–Kier alpha value is -4.08. The fourth-order valence-corrected chi connectivity index (χ4v) is 8.53. The molecule has 2 heterocycles. The summed E-state index contributed by atoms with van der Waals surface area (Å²) < 4.78 is 30.0. The summed E-state index contributed by atoms with van der Waals surface area (Å²) in [6, 6.07) is 41.5. The predicted molar refractivity (Wildman–Crippen MR) is 184 cm³/mol. The van der Waals surface area contributed by atoms with E-state index in [9.17, 15) is 13.5 Å². The molecule has 1 aromatic heterocycles. The highest BCUT2D eigenvalue weighted by molar-refractivity contribution is 7.91. The minimum absolute atomic E-state index is 0.0656. The lowest BCUT2D eigenvalue weighted by Gasteiger charge is -2.42. The van der Waals surface area contributed by atoms with Crippen molar-refractivity contribution in [3.63, 3.8) is 0 Å². The Labute approximate surface area is 270 Å². The number of benzene rings is 4. The highest BCUT2D eigenvalue weighted by atomic mass is 32.2. The van der Waals surface area contributed by atoms with Crippen LogP contribution in [0.4, 0.5) is 10.7 Å². The van der Waals surface area contributed by atoms with Crippen molar-refractivity contribution in [3.05, 3.63) is 150 Å². The van der Waals surface area contributed by atoms with Crippen LogP contribution < -0.4 is 4.90 Å². The Balaban J connectivity index is 1.28. The van der Waals surface area contributed by atoms with Crippen molar-refractivity contribution < 1.29 is 13.5 Å². The van der Waals surface area contributed by atoms with E-state index in [-0.39, 0.29) is 6.04 Å². The molecule has 0 radical (unpaired) electrons. The number of hydrogen-bond acceptors (Lipinski definition) is 6. The van der Waals surface area contributed by atoms with Gasteiger partial charge in [0, 0.05) is 42.5 Å². The number of hydrogen-bond donors (Lipinski definition) is 1. The molecule has 0 saturated carbocycles. The lowest BCUT2D eigenvalue weighted by Crippen LogP contribution is -2.55. The molecule has 1 aliphatic rings. The van der Waals surface area contributed by atoms with Crippen molar-refractivity contribution in [2.24, 2.45) is 4.99 Å². The molecule has 4 aromatic carbocycles. The molecule has 45 heavy (non-hydrogen) atoms. The summed E-state index contributed by atoms with van der Waals surface area (Å²) in [5.41, 5.74) is 4.82. The van der Waals surface area contributed by atoms with Crippen LogP contribution in [0.15, 0.2) is 137 Å². The van der Waals surface area contributed by atoms with Crippen molar-refractivity contribution in [2.75, 3.05) is 24.5 Å². The molecule has 0 spiro atoms. The van der Waals surface area contributed by atoms with E-state index in [0.29, 0.717) is 35.3 Å². The minimum atomic E-state index is -3.74. The predicted octanol–water partition coefficient (Wildman–Crippen LogP) is 7.27. The van der Waals surface area contributed by atoms with Crippen LogP contribution in [0, 0.1) is 0 Å². The molecule has 1 saturated heterocycles. The molecule has 0 bridgehead atoms. The third kappa shape index (κ3) is 7.10. The number of piperazine rings is 1. The normalized spacial score (nSPS) is 16.0. The standard InChI is InChI=1S/C37H37N3O3S2/c1-37(2,41)31-18-20-32(21-19-31)40-25-24-39(27-33(40)26-28-12-6-3-7-13-28)45(42,43)35-23-22-34(44-35)38-36(29-14-8-4-9-15-29)30-16-10-5-11-17-30/h3-23,33,41H,24-27H2,1-2H3/t33-/m0/s1. The Morgan fingerprint density at radius 1 is 0.800 bits per heavy atom. The maximum Gasteiger partial charge on any atom is 0.252 e. The molecule has 1 aliphatic heterocycles. The first-order valence-electron chi connectivity index (χ1n) is 15.1. The zero-order valence-electron chi connectivity index (χ0n) is 25.5. The fourth-order valence-electron chi connectivity index (χ4n) is 5.74. The van der Waals surface area contributed by atoms with Crippen LogP contribution >= 0.6 is 11.3 Å². The summed E-state index contributed by atoms with van der Waals surface area (Å²) in [5, 5.41) is 11.1. The van der Waals surface area contributed by atoms with Crippen molar-refractivity contribution in [1.29, 1.82) is 0 Å². The maximum atomic E-state index is 14.1. The van der Waals surface area contributed by atoms with Crippen LogP contribution in [0.25, 0.3) is 0 Å². The van der Waals surface area contributed by atoms with Gasteiger partial charge in [-0.05, 0) is 55.7 Å². The van der Waals surface area contributed by atoms with E-state index in [1.807, 2.05) is 103 Å². The molecule has 1 fully saturated rings. The minimum Gasteiger partial charge on any atom is -0.386 e. The van der Waals surface area contributed by atoms with Gasteiger partial charge in [0.1, 0.15) is 9.21 Å². The highest BCUT2D eigenvalue weighted by Crippen LogP contribution is 2.34. The average Bonchev–Trinajstić information content (AvgIpc) is 3.54. The van der Waals surface area contributed by atoms with Gasteiger partial charge in [0.15, 0.2) is 0 Å². The van der Waals surface area contributed by atoms with Crippen molar-refractivity contribution >= 4 is 37.8 Å². The first-order chi connectivity index (χ1) is 21.7. The van der Waals surface area contributed by atoms with E-state index in [4.69, 9.17) is 4.99 Å². The highest BCUT2D eigenvalue weighted by Gasteiger charge is 2.35. The quantitative estimate of drug-likeness (QED) is 0.173. The van der Waals surface area contributed by atoms with E-state index in [1.165, 1.54) is 11.3 Å². The lowest BCUT2D eigenvalue weighted by molar-refractivity contribution is 0.0786. The molecular weight excluding hydrogens is 599 g/mol. The van der Waals surface area contributed by atoms with Gasteiger partial charge >= 0.3 is 0 Å². The first-order valence-corrected chi connectivity index (χ1v) is 17.4. The van der Waals surface area contributed by atoms with Gasteiger partial charge in [-0.25, -0.2) is 13.4 Å². The summed E-state index contributed by atoms with van der Waals surface area (Å²) in [4.78, 5) is 7.25. The SMILES string of the molecule is CC(C)(O)c1ccc(N2CCN(S(=O)(=O)c3ccc(N=C(c4ccccc4)c4ccccc4)s3)C[C@@H]2Cc2ccccc2)cc1. The van der Waals surface area contributed by atoms with Crippen molar-refractivity contribution in [3.8, 4) is 0 Å². The molecule has 1 atom stereocenters. The third-order valence-corrected chi connectivity index (χ3v) is 11.5. The largest absolute Gasteiger partial charge is 0.386 e. The molecule has 230 valence electrons. The zero-order chi connectivity index (χ0) is 31.4. The Kier molecular flexibility index (Phi) is 9.01. The molecule has 1 N–H and O–H groups in total. The molecule has 0 unspecified atom stereocenters. The second-order valence-electron chi connectivity index (χ2n) is 11.8. The lowest BCUT2D eigenvalue weighted by atomic mass is 9.97. The van der Waals surface area contributed by atoms with E-state index in [1.54, 1.807) is 30.3 Å². The summed E-state index contributed by atoms with van der Waals surface area (Å²) in [5.74, 6) is 0. The van der Waals surface area contributed by atoms with Crippen LogP contribution in [0.3, 0.4) is 0 Å². The van der Waals surface area contributed by atoms with E-state index in [2.05, 4.69) is 17.0 Å². The molecular formula is C37H37N3O3S2. The average molecular weight is 636 g/mol. The Morgan fingerprint density at radius 2 is 1.38 bits per heavy atom. The van der Waals surface area contributed by atoms with Crippen LogP contribution in [-0.2, 0) is 22.0 Å². The van der Waals surface area contributed by atoms with Gasteiger partial charge in [0.25, 0.3) is 10.0 Å². The van der Waals surface area contributed by atoms with Gasteiger partial charge in [-0.1, -0.05) is 103 Å². The van der Waals surface area contributed by atoms with Gasteiger partial charge < -0.3 is 10.0 Å². The number of nitrogens with zero attached hydrogens (tertiary/aromatic N) is 3. The summed E-state index contributed by atoms with van der Waals surface area (Å²) >= 11 is 1.20. The maximum absolute atomic E-state index is 14.1. The number of sulfonamides is 1. The first kappa shape index (κ1) is 30.9. The van der Waals surface area contributed by atoms with Gasteiger partial charge in [-0.2, -0.15) is 4.31 Å². The molecule has 0 aliphatic carbocycles. The molecule has 5 aromatic rings. The fraction of sp³-hybridized carbons (Fsp3) is 0.216. The van der Waals surface area contributed by atoms with Crippen LogP contribution in [0.5, 0.6) is 0 Å². The molecule has 0 amide bonds. The Bertz CT molecular complexity index is 1810. The van der Waals surface area contributed by atoms with Gasteiger partial charge in [-0.3, -0.25) is 0 Å². The summed E-state index contributed by atoms with van der Waals surface area (Å²) in [6.07, 6.45) is 0.706. The molecule has 8 heteroatoms. The van der Waals surface area contributed by atoms with Crippen LogP contribution in [0.2, 0.25) is 0 Å². The van der Waals surface area contributed by atoms with E-state index >= 15 is 0 Å². The second kappa shape index (κ2) is 13.1. The monoisotopic (exact) mass is 635 g/mol. The van der Waals surface area contributed by atoms with Gasteiger partial charge in [-0.15, -0.1) is 11.3 Å². The summed E-state index contributed by atoms with van der Waals surface area (Å²) in [7, 11) is -3.74. The van der Waals surface area contributed by atoms with Gasteiger partial charge in [0.05, 0.1) is 11.3 Å². The number of rotatable bonds is 9. The topological polar surface area (TPSA) is 73.2 Å². The number of aliphatic imine (C=N–C) groups is 1.